The predicted molar refractivity (Wildman–Crippen MR) is 108 cm³/mol. The molecule has 1 unspecified atom stereocenters. The molecule has 1 saturated heterocycles. The highest BCUT2D eigenvalue weighted by Crippen LogP contribution is 2.85. The van der Waals surface area contributed by atoms with Gasteiger partial charge in [0.25, 0.3) is 0 Å². The summed E-state index contributed by atoms with van der Waals surface area (Å²) in [4.78, 5) is 0. The zero-order chi connectivity index (χ0) is 18.3. The zero-order valence-electron chi connectivity index (χ0n) is 17.0. The molecule has 4 heteroatoms. The van der Waals surface area contributed by atoms with Crippen LogP contribution in [0.4, 0.5) is 0 Å². The van der Waals surface area contributed by atoms with Crippen molar-refractivity contribution in [3.8, 4) is 0 Å². The first-order valence-corrected chi connectivity index (χ1v) is 13.5. The van der Waals surface area contributed by atoms with E-state index in [9.17, 15) is 0 Å². The molecule has 25 heavy (non-hydrogen) atoms. The van der Waals surface area contributed by atoms with Crippen molar-refractivity contribution in [2.45, 2.75) is 88.2 Å². The van der Waals surface area contributed by atoms with Crippen molar-refractivity contribution in [3.63, 3.8) is 0 Å². The van der Waals surface area contributed by atoms with Crippen molar-refractivity contribution < 1.29 is 9.31 Å². The Labute approximate surface area is 154 Å². The number of hydrogen-bond acceptors (Lipinski definition) is 2. The number of benzene rings is 1. The average Bonchev–Trinajstić information content (AvgIpc) is 2.64. The van der Waals surface area contributed by atoms with Crippen LogP contribution in [0.2, 0.25) is 31.0 Å². The minimum atomic E-state index is -1.16. The second-order valence-corrected chi connectivity index (χ2v) is 16.5. The molecular formula is C21H33BO2Si. The fourth-order valence-electron chi connectivity index (χ4n) is 5.50. The highest BCUT2D eigenvalue weighted by atomic mass is 28.3. The lowest BCUT2D eigenvalue weighted by Crippen LogP contribution is -2.74. The van der Waals surface area contributed by atoms with E-state index >= 15 is 0 Å². The standard InChI is InChI=1S/C21H33BO2Si/c1-18(2)19(3,4)24-22(23-18)21-14-20(15-21,16-11-9-8-10-12-16)17(21)13-25(5,6)7/h8-12,17H,13-15H2,1-7H3. The summed E-state index contributed by atoms with van der Waals surface area (Å²) >= 11 is 0. The van der Waals surface area contributed by atoms with Crippen molar-refractivity contribution in [3.05, 3.63) is 35.9 Å². The molecule has 2 bridgehead atoms. The lowest BCUT2D eigenvalue weighted by Gasteiger charge is -2.78. The van der Waals surface area contributed by atoms with Crippen molar-refractivity contribution in [1.29, 1.82) is 0 Å². The van der Waals surface area contributed by atoms with Crippen molar-refractivity contribution in [2.24, 2.45) is 5.92 Å². The molecule has 0 spiro atoms. The molecule has 2 nitrogen and oxygen atoms in total. The van der Waals surface area contributed by atoms with E-state index in [1.165, 1.54) is 24.4 Å². The van der Waals surface area contributed by atoms with Crippen LogP contribution in [-0.4, -0.2) is 26.4 Å². The maximum Gasteiger partial charge on any atom is 0.464 e. The second kappa shape index (κ2) is 5.02. The quantitative estimate of drug-likeness (QED) is 0.662. The van der Waals surface area contributed by atoms with Crippen LogP contribution in [0.25, 0.3) is 0 Å². The zero-order valence-corrected chi connectivity index (χ0v) is 18.0. The van der Waals surface area contributed by atoms with Crippen molar-refractivity contribution >= 4 is 15.2 Å². The van der Waals surface area contributed by atoms with Crippen molar-refractivity contribution in [1.82, 2.24) is 0 Å². The van der Waals surface area contributed by atoms with Gasteiger partial charge in [0.05, 0.1) is 11.2 Å². The molecule has 1 atom stereocenters. The van der Waals surface area contributed by atoms with Crippen LogP contribution < -0.4 is 0 Å². The molecule has 5 rings (SSSR count). The van der Waals surface area contributed by atoms with Gasteiger partial charge >= 0.3 is 7.12 Å². The lowest BCUT2D eigenvalue weighted by molar-refractivity contribution is -0.113. The summed E-state index contributed by atoms with van der Waals surface area (Å²) in [5.74, 6) is 0.712. The van der Waals surface area contributed by atoms with Crippen LogP contribution in [0.1, 0.15) is 46.1 Å². The molecule has 1 aliphatic heterocycles. The maximum absolute atomic E-state index is 6.53. The van der Waals surface area contributed by atoms with Gasteiger partial charge in [-0.1, -0.05) is 56.0 Å². The molecule has 1 aromatic rings. The van der Waals surface area contributed by atoms with E-state index < -0.39 is 8.07 Å². The summed E-state index contributed by atoms with van der Waals surface area (Å²) in [6.45, 7) is 16.2. The van der Waals surface area contributed by atoms with Gasteiger partial charge < -0.3 is 9.31 Å². The molecule has 0 N–H and O–H groups in total. The predicted octanol–water partition coefficient (Wildman–Crippen LogP) is 5.52. The minimum absolute atomic E-state index is 0.0376. The van der Waals surface area contributed by atoms with Crippen LogP contribution >= 0.6 is 0 Å². The van der Waals surface area contributed by atoms with Gasteiger partial charge in [0.2, 0.25) is 0 Å². The third-order valence-electron chi connectivity index (χ3n) is 7.54. The SMILES string of the molecule is CC1(C)OB(C23CC(c4ccccc4)(C2)C3C[Si](C)(C)C)OC1(C)C. The molecule has 0 aromatic heterocycles. The van der Waals surface area contributed by atoms with E-state index in [4.69, 9.17) is 9.31 Å². The van der Waals surface area contributed by atoms with E-state index in [1.54, 1.807) is 0 Å². The largest absolute Gasteiger partial charge is 0.464 e. The number of rotatable bonds is 4. The topological polar surface area (TPSA) is 18.5 Å². The Morgan fingerprint density at radius 1 is 0.960 bits per heavy atom. The monoisotopic (exact) mass is 356 g/mol. The Balaban J connectivity index is 1.64. The summed E-state index contributed by atoms with van der Waals surface area (Å²) in [5, 5.41) is 0.237. The van der Waals surface area contributed by atoms with E-state index in [2.05, 4.69) is 77.7 Å². The summed E-state index contributed by atoms with van der Waals surface area (Å²) in [6.07, 6.45) is 2.46. The van der Waals surface area contributed by atoms with E-state index in [0.29, 0.717) is 11.3 Å². The molecule has 0 radical (unpaired) electrons. The van der Waals surface area contributed by atoms with Crippen LogP contribution in [0.5, 0.6) is 0 Å². The molecular weight excluding hydrogens is 323 g/mol. The van der Waals surface area contributed by atoms with Crippen molar-refractivity contribution in [2.75, 3.05) is 0 Å². The van der Waals surface area contributed by atoms with Crippen LogP contribution in [0.15, 0.2) is 30.3 Å². The first kappa shape index (κ1) is 17.8. The van der Waals surface area contributed by atoms with Gasteiger partial charge in [0, 0.05) is 13.4 Å². The van der Waals surface area contributed by atoms with Gasteiger partial charge in [-0.2, -0.15) is 0 Å². The maximum atomic E-state index is 6.53. The molecule has 3 aliphatic carbocycles. The van der Waals surface area contributed by atoms with Gasteiger partial charge in [-0.05, 0) is 57.4 Å². The highest BCUT2D eigenvalue weighted by Gasteiger charge is 2.82. The van der Waals surface area contributed by atoms with Crippen LogP contribution in [0, 0.1) is 5.92 Å². The molecule has 136 valence electrons. The fraction of sp³-hybridized carbons (Fsp3) is 0.714. The fourth-order valence-corrected chi connectivity index (χ4v) is 7.52. The van der Waals surface area contributed by atoms with E-state index in [0.717, 1.165) is 0 Å². The second-order valence-electron chi connectivity index (χ2n) is 11.0. The van der Waals surface area contributed by atoms with E-state index in [-0.39, 0.29) is 23.6 Å². The smallest absolute Gasteiger partial charge is 0.403 e. The first-order chi connectivity index (χ1) is 11.4. The third-order valence-corrected chi connectivity index (χ3v) is 9.17. The Bertz CT molecular complexity index is 655. The van der Waals surface area contributed by atoms with E-state index in [1.807, 2.05) is 0 Å². The molecule has 4 fully saturated rings. The molecule has 3 saturated carbocycles. The minimum Gasteiger partial charge on any atom is -0.403 e. The van der Waals surface area contributed by atoms with Crippen LogP contribution in [0.3, 0.4) is 0 Å². The highest BCUT2D eigenvalue weighted by molar-refractivity contribution is 6.76. The normalized spacial score (nSPS) is 38.2. The summed E-state index contributed by atoms with van der Waals surface area (Å²) < 4.78 is 13.1. The Hall–Kier alpha value is -0.578. The van der Waals surface area contributed by atoms with Gasteiger partial charge in [0.1, 0.15) is 0 Å². The Morgan fingerprint density at radius 2 is 1.48 bits per heavy atom. The summed E-state index contributed by atoms with van der Waals surface area (Å²) in [6, 6.07) is 12.6. The van der Waals surface area contributed by atoms with Crippen LogP contribution in [-0.2, 0) is 14.7 Å². The average molecular weight is 356 g/mol. The van der Waals surface area contributed by atoms with Gasteiger partial charge in [-0.3, -0.25) is 0 Å². The Kier molecular flexibility index (Phi) is 3.58. The Morgan fingerprint density at radius 3 is 1.96 bits per heavy atom. The molecule has 0 amide bonds. The summed E-state index contributed by atoms with van der Waals surface area (Å²) in [5.41, 5.74) is 1.47. The third kappa shape index (κ3) is 2.36. The number of hydrogen-bond donors (Lipinski definition) is 0. The molecule has 4 aliphatic rings. The van der Waals surface area contributed by atoms with Gasteiger partial charge in [-0.15, -0.1) is 0 Å². The summed E-state index contributed by atoms with van der Waals surface area (Å²) in [7, 11) is -1.20. The van der Waals surface area contributed by atoms with Gasteiger partial charge in [0.15, 0.2) is 0 Å². The lowest BCUT2D eigenvalue weighted by atomic mass is 9.18. The molecule has 1 aromatic carbocycles. The first-order valence-electron chi connectivity index (χ1n) is 9.83. The van der Waals surface area contributed by atoms with Gasteiger partial charge in [-0.25, -0.2) is 0 Å². The molecule has 1 heterocycles.